The fraction of sp³-hybridized carbons (Fsp3) is 0.600. The van der Waals surface area contributed by atoms with Gasteiger partial charge in [0.1, 0.15) is 5.75 Å². The van der Waals surface area contributed by atoms with Gasteiger partial charge in [-0.15, -0.1) is 0 Å². The molecule has 0 aromatic heterocycles. The monoisotopic (exact) mass is 265 g/mol. The van der Waals surface area contributed by atoms with Gasteiger partial charge in [-0.05, 0) is 56.1 Å². The maximum Gasteiger partial charge on any atom is 0.121 e. The molecule has 1 aliphatic rings. The maximum absolute atomic E-state index is 9.75. The number of hydrogen-bond donors (Lipinski definition) is 2. The van der Waals surface area contributed by atoms with E-state index in [4.69, 9.17) is 0 Å². The number of phenols is 1. The number of aryl methyl sites for hydroxylation is 2. The second kappa shape index (κ2) is 5.98. The second-order valence-corrected chi connectivity index (χ2v) is 6.46. The first-order valence-electron chi connectivity index (χ1n) is 6.65. The number of thioether (sulfide) groups is 1. The van der Waals surface area contributed by atoms with E-state index in [2.05, 4.69) is 23.7 Å². The molecular weight excluding hydrogens is 242 g/mol. The quantitative estimate of drug-likeness (QED) is 0.875. The van der Waals surface area contributed by atoms with Gasteiger partial charge in [0.25, 0.3) is 0 Å². The van der Waals surface area contributed by atoms with E-state index in [-0.39, 0.29) is 0 Å². The molecule has 2 atom stereocenters. The van der Waals surface area contributed by atoms with Gasteiger partial charge in [-0.1, -0.05) is 12.1 Å². The van der Waals surface area contributed by atoms with Crippen molar-refractivity contribution in [3.05, 3.63) is 28.8 Å². The van der Waals surface area contributed by atoms with Crippen molar-refractivity contribution in [3.63, 3.8) is 0 Å². The van der Waals surface area contributed by atoms with Crippen LogP contribution in [0.4, 0.5) is 0 Å². The predicted octanol–water partition coefficient (Wildman–Crippen LogP) is 3.38. The maximum atomic E-state index is 9.75. The van der Waals surface area contributed by atoms with Crippen molar-refractivity contribution < 1.29 is 5.11 Å². The molecule has 2 N–H and O–H groups in total. The summed E-state index contributed by atoms with van der Waals surface area (Å²) in [4.78, 5) is 0. The summed E-state index contributed by atoms with van der Waals surface area (Å²) >= 11 is 1.99. The highest BCUT2D eigenvalue weighted by atomic mass is 32.2. The minimum absolute atomic E-state index is 0.432. The summed E-state index contributed by atoms with van der Waals surface area (Å²) in [5, 5.41) is 14.2. The molecule has 0 saturated heterocycles. The normalized spacial score (nSPS) is 23.5. The molecule has 2 unspecified atom stereocenters. The Morgan fingerprint density at radius 2 is 1.94 bits per heavy atom. The van der Waals surface area contributed by atoms with Crippen LogP contribution in [0.25, 0.3) is 0 Å². The largest absolute Gasteiger partial charge is 0.507 e. The minimum atomic E-state index is 0.432. The lowest BCUT2D eigenvalue weighted by molar-refractivity contribution is 0.466. The summed E-state index contributed by atoms with van der Waals surface area (Å²) in [5.41, 5.74) is 3.22. The SMILES string of the molecule is CSC1CCC(NCc2cc(C)c(O)c(C)c2)C1. The first kappa shape index (κ1) is 13.8. The van der Waals surface area contributed by atoms with Crippen molar-refractivity contribution in [1.82, 2.24) is 5.32 Å². The highest BCUT2D eigenvalue weighted by molar-refractivity contribution is 7.99. The van der Waals surface area contributed by atoms with Crippen molar-refractivity contribution in [1.29, 1.82) is 0 Å². The summed E-state index contributed by atoms with van der Waals surface area (Å²) in [6, 6.07) is 4.82. The van der Waals surface area contributed by atoms with Crippen molar-refractivity contribution in [2.24, 2.45) is 0 Å². The van der Waals surface area contributed by atoms with Gasteiger partial charge in [0, 0.05) is 17.8 Å². The molecule has 0 heterocycles. The van der Waals surface area contributed by atoms with Crippen LogP contribution in [0.3, 0.4) is 0 Å². The van der Waals surface area contributed by atoms with Crippen molar-refractivity contribution >= 4 is 11.8 Å². The van der Waals surface area contributed by atoms with Crippen LogP contribution in [0, 0.1) is 13.8 Å². The molecule has 1 saturated carbocycles. The summed E-state index contributed by atoms with van der Waals surface area (Å²) < 4.78 is 0. The van der Waals surface area contributed by atoms with E-state index in [9.17, 15) is 5.11 Å². The first-order chi connectivity index (χ1) is 8.60. The van der Waals surface area contributed by atoms with Crippen LogP contribution in [0.5, 0.6) is 5.75 Å². The number of hydrogen-bond acceptors (Lipinski definition) is 3. The fourth-order valence-electron chi connectivity index (χ4n) is 2.75. The van der Waals surface area contributed by atoms with Crippen LogP contribution in [0.15, 0.2) is 12.1 Å². The van der Waals surface area contributed by atoms with Gasteiger partial charge < -0.3 is 10.4 Å². The first-order valence-corrected chi connectivity index (χ1v) is 7.94. The Labute approximate surface area is 114 Å². The smallest absolute Gasteiger partial charge is 0.121 e. The van der Waals surface area contributed by atoms with Crippen molar-refractivity contribution in [2.75, 3.05) is 6.26 Å². The van der Waals surface area contributed by atoms with Crippen LogP contribution in [0.1, 0.15) is 36.0 Å². The summed E-state index contributed by atoms with van der Waals surface area (Å²) in [6.45, 7) is 4.84. The standard InChI is InChI=1S/C15H23NOS/c1-10-6-12(7-11(2)15(10)17)9-16-13-4-5-14(8-13)18-3/h6-7,13-14,16-17H,4-5,8-9H2,1-3H3. The molecule has 0 radical (unpaired) electrons. The lowest BCUT2D eigenvalue weighted by atomic mass is 10.1. The van der Waals surface area contributed by atoms with E-state index in [0.717, 1.165) is 22.9 Å². The third-order valence-electron chi connectivity index (χ3n) is 3.86. The molecule has 1 aromatic carbocycles. The Bertz CT molecular complexity index is 396. The number of nitrogens with one attached hydrogen (secondary N) is 1. The Balaban J connectivity index is 1.91. The van der Waals surface area contributed by atoms with Crippen LogP contribution in [-0.4, -0.2) is 22.7 Å². The molecule has 1 aliphatic carbocycles. The number of rotatable bonds is 4. The van der Waals surface area contributed by atoms with Crippen LogP contribution in [0.2, 0.25) is 0 Å². The van der Waals surface area contributed by atoms with Gasteiger partial charge in [0.05, 0.1) is 0 Å². The molecule has 1 fully saturated rings. The molecule has 18 heavy (non-hydrogen) atoms. The second-order valence-electron chi connectivity index (χ2n) is 5.33. The van der Waals surface area contributed by atoms with E-state index < -0.39 is 0 Å². The highest BCUT2D eigenvalue weighted by Gasteiger charge is 2.23. The topological polar surface area (TPSA) is 32.3 Å². The molecule has 0 spiro atoms. The van der Waals surface area contributed by atoms with Crippen LogP contribution in [-0.2, 0) is 6.54 Å². The number of aromatic hydroxyl groups is 1. The summed E-state index contributed by atoms with van der Waals surface area (Å²) in [7, 11) is 0. The molecule has 100 valence electrons. The average Bonchev–Trinajstić information content (AvgIpc) is 2.81. The van der Waals surface area contributed by atoms with Gasteiger partial charge in [0.15, 0.2) is 0 Å². The Morgan fingerprint density at radius 1 is 1.28 bits per heavy atom. The van der Waals surface area contributed by atoms with Gasteiger partial charge >= 0.3 is 0 Å². The van der Waals surface area contributed by atoms with Crippen molar-refractivity contribution in [3.8, 4) is 5.75 Å². The van der Waals surface area contributed by atoms with E-state index in [1.807, 2.05) is 25.6 Å². The molecule has 0 bridgehead atoms. The van der Waals surface area contributed by atoms with Gasteiger partial charge in [-0.25, -0.2) is 0 Å². The van der Waals surface area contributed by atoms with Crippen LogP contribution >= 0.6 is 11.8 Å². The van der Waals surface area contributed by atoms with E-state index >= 15 is 0 Å². The fourth-order valence-corrected chi connectivity index (χ4v) is 3.55. The number of benzene rings is 1. The lowest BCUT2D eigenvalue weighted by Crippen LogP contribution is -2.26. The number of phenolic OH excluding ortho intramolecular Hbond substituents is 1. The Morgan fingerprint density at radius 3 is 2.50 bits per heavy atom. The predicted molar refractivity (Wildman–Crippen MR) is 79.4 cm³/mol. The molecule has 3 heteroatoms. The third kappa shape index (κ3) is 3.21. The average molecular weight is 265 g/mol. The molecular formula is C15H23NOS. The summed E-state index contributed by atoms with van der Waals surface area (Å²) in [6.07, 6.45) is 6.13. The van der Waals surface area contributed by atoms with Crippen molar-refractivity contribution in [2.45, 2.75) is 50.9 Å². The zero-order valence-electron chi connectivity index (χ0n) is 11.5. The van der Waals surface area contributed by atoms with Gasteiger partial charge in [-0.3, -0.25) is 0 Å². The zero-order valence-corrected chi connectivity index (χ0v) is 12.3. The van der Waals surface area contributed by atoms with E-state index in [1.54, 1.807) is 0 Å². The van der Waals surface area contributed by atoms with E-state index in [1.165, 1.54) is 24.8 Å². The Hall–Kier alpha value is -0.670. The minimum Gasteiger partial charge on any atom is -0.507 e. The molecule has 2 nitrogen and oxygen atoms in total. The lowest BCUT2D eigenvalue weighted by Gasteiger charge is -2.14. The van der Waals surface area contributed by atoms with Gasteiger partial charge in [0.2, 0.25) is 0 Å². The van der Waals surface area contributed by atoms with E-state index in [0.29, 0.717) is 11.8 Å². The summed E-state index contributed by atoms with van der Waals surface area (Å²) in [5.74, 6) is 0.432. The van der Waals surface area contributed by atoms with Crippen LogP contribution < -0.4 is 5.32 Å². The highest BCUT2D eigenvalue weighted by Crippen LogP contribution is 2.28. The van der Waals surface area contributed by atoms with Gasteiger partial charge in [-0.2, -0.15) is 11.8 Å². The molecule has 0 amide bonds. The Kier molecular flexibility index (Phi) is 4.57. The molecule has 1 aromatic rings. The molecule has 0 aliphatic heterocycles. The third-order valence-corrected chi connectivity index (χ3v) is 4.96. The zero-order chi connectivity index (χ0) is 13.1. The molecule has 2 rings (SSSR count).